The first kappa shape index (κ1) is 23.8. The summed E-state index contributed by atoms with van der Waals surface area (Å²) in [6.45, 7) is 6.13. The second-order valence-electron chi connectivity index (χ2n) is 8.89. The number of rotatable bonds is 5. The van der Waals surface area contributed by atoms with Crippen LogP contribution in [0.25, 0.3) is 0 Å². The molecule has 5 rings (SSSR count). The average Bonchev–Trinajstić information content (AvgIpc) is 3.32. The molecule has 1 aromatic carbocycles. The van der Waals surface area contributed by atoms with Gasteiger partial charge in [0, 0.05) is 56.1 Å². The summed E-state index contributed by atoms with van der Waals surface area (Å²) in [5, 5.41) is 19.2. The SMILES string of the molecule is CC(Nc1ncc(C#N)c(C2CNc3ncc(C(F)(F)F)cc32)n1)c1ccc(N2CCNCC2)cc1. The number of hydrogen-bond acceptors (Lipinski definition) is 8. The fraction of sp³-hybridized carbons (Fsp3) is 0.360. The molecule has 11 heteroatoms. The van der Waals surface area contributed by atoms with Crippen LogP contribution in [-0.2, 0) is 6.18 Å². The van der Waals surface area contributed by atoms with Gasteiger partial charge >= 0.3 is 6.18 Å². The number of hydrogen-bond donors (Lipinski definition) is 3. The number of alkyl halides is 3. The van der Waals surface area contributed by atoms with E-state index in [-0.39, 0.29) is 18.2 Å². The normalized spacial score (nSPS) is 18.2. The zero-order valence-corrected chi connectivity index (χ0v) is 19.6. The molecule has 2 atom stereocenters. The van der Waals surface area contributed by atoms with Crippen molar-refractivity contribution < 1.29 is 13.2 Å². The molecule has 4 heterocycles. The lowest BCUT2D eigenvalue weighted by Crippen LogP contribution is -2.43. The van der Waals surface area contributed by atoms with Crippen LogP contribution in [0.15, 0.2) is 42.7 Å². The van der Waals surface area contributed by atoms with Gasteiger partial charge in [0.1, 0.15) is 11.9 Å². The third kappa shape index (κ3) is 4.77. The van der Waals surface area contributed by atoms with Crippen LogP contribution in [0.5, 0.6) is 0 Å². The molecule has 0 spiro atoms. The van der Waals surface area contributed by atoms with Crippen LogP contribution >= 0.6 is 0 Å². The minimum Gasteiger partial charge on any atom is -0.369 e. The van der Waals surface area contributed by atoms with Crippen LogP contribution < -0.4 is 20.9 Å². The van der Waals surface area contributed by atoms with Gasteiger partial charge in [0.05, 0.1) is 29.1 Å². The number of nitrogens with one attached hydrogen (secondary N) is 3. The Bertz CT molecular complexity index is 1280. The van der Waals surface area contributed by atoms with Gasteiger partial charge in [-0.15, -0.1) is 0 Å². The first-order valence-corrected chi connectivity index (χ1v) is 11.7. The highest BCUT2D eigenvalue weighted by atomic mass is 19.4. The van der Waals surface area contributed by atoms with Gasteiger partial charge < -0.3 is 20.9 Å². The minimum atomic E-state index is -4.51. The number of anilines is 3. The van der Waals surface area contributed by atoms with E-state index in [9.17, 15) is 18.4 Å². The molecule has 2 unspecified atom stereocenters. The summed E-state index contributed by atoms with van der Waals surface area (Å²) >= 11 is 0. The Hall–Kier alpha value is -3.91. The van der Waals surface area contributed by atoms with E-state index in [4.69, 9.17) is 0 Å². The van der Waals surface area contributed by atoms with Crippen LogP contribution in [0.4, 0.5) is 30.6 Å². The van der Waals surface area contributed by atoms with Gasteiger partial charge in [-0.1, -0.05) is 12.1 Å². The third-order valence-electron chi connectivity index (χ3n) is 6.58. The van der Waals surface area contributed by atoms with Crippen molar-refractivity contribution in [2.45, 2.75) is 25.1 Å². The van der Waals surface area contributed by atoms with Crippen LogP contribution in [0, 0.1) is 11.3 Å². The van der Waals surface area contributed by atoms with E-state index < -0.39 is 17.7 Å². The fourth-order valence-corrected chi connectivity index (χ4v) is 4.59. The van der Waals surface area contributed by atoms with E-state index in [1.807, 2.05) is 6.92 Å². The summed E-state index contributed by atoms with van der Waals surface area (Å²) < 4.78 is 39.8. The number of benzene rings is 1. The number of piperazine rings is 1. The standard InChI is InChI=1S/C25H25F3N8/c1-15(16-2-4-19(5-3-16)36-8-6-30-7-9-36)34-24-33-12-17(11-29)22(35-24)21-14-32-23-20(21)10-18(13-31-23)25(26,27)28/h2-5,10,12-13,15,21,30H,6-9,14H2,1H3,(H,31,32)(H,33,34,35). The molecule has 36 heavy (non-hydrogen) atoms. The van der Waals surface area contributed by atoms with Crippen molar-refractivity contribution in [3.8, 4) is 6.07 Å². The molecular weight excluding hydrogens is 469 g/mol. The molecule has 3 aromatic rings. The lowest BCUT2D eigenvalue weighted by Gasteiger charge is -2.29. The number of halogens is 3. The number of nitrogens with zero attached hydrogens (tertiary/aromatic N) is 5. The summed E-state index contributed by atoms with van der Waals surface area (Å²) in [6.07, 6.45) is -2.30. The molecule has 0 bridgehead atoms. The Labute approximate surface area is 206 Å². The Morgan fingerprint density at radius 1 is 1.14 bits per heavy atom. The maximum atomic E-state index is 13.3. The zero-order chi connectivity index (χ0) is 25.3. The second-order valence-corrected chi connectivity index (χ2v) is 8.89. The summed E-state index contributed by atoms with van der Waals surface area (Å²) in [5.41, 5.74) is 2.31. The van der Waals surface area contributed by atoms with Crippen molar-refractivity contribution in [1.29, 1.82) is 5.26 Å². The number of nitriles is 1. The van der Waals surface area contributed by atoms with Crippen molar-refractivity contribution in [2.75, 3.05) is 48.3 Å². The molecule has 1 fully saturated rings. The maximum absolute atomic E-state index is 13.3. The molecule has 0 radical (unpaired) electrons. The van der Waals surface area contributed by atoms with Crippen molar-refractivity contribution in [3.05, 3.63) is 70.7 Å². The highest BCUT2D eigenvalue weighted by molar-refractivity contribution is 5.58. The lowest BCUT2D eigenvalue weighted by molar-refractivity contribution is -0.137. The molecule has 2 aromatic heterocycles. The third-order valence-corrected chi connectivity index (χ3v) is 6.58. The molecule has 0 amide bonds. The quantitative estimate of drug-likeness (QED) is 0.491. The highest BCUT2D eigenvalue weighted by Crippen LogP contribution is 2.39. The predicted octanol–water partition coefficient (Wildman–Crippen LogP) is 3.90. The van der Waals surface area contributed by atoms with Crippen molar-refractivity contribution >= 4 is 17.5 Å². The van der Waals surface area contributed by atoms with Crippen LogP contribution in [-0.4, -0.2) is 47.7 Å². The summed E-state index contributed by atoms with van der Waals surface area (Å²) in [4.78, 5) is 15.1. The second kappa shape index (κ2) is 9.62. The molecule has 2 aliphatic heterocycles. The molecule has 8 nitrogen and oxygen atoms in total. The topological polar surface area (TPSA) is 102 Å². The summed E-state index contributed by atoms with van der Waals surface area (Å²) in [7, 11) is 0. The minimum absolute atomic E-state index is 0.129. The predicted molar refractivity (Wildman–Crippen MR) is 130 cm³/mol. The molecule has 0 saturated carbocycles. The van der Waals surface area contributed by atoms with Gasteiger partial charge in [-0.05, 0) is 30.7 Å². The van der Waals surface area contributed by atoms with Gasteiger partial charge in [-0.25, -0.2) is 15.0 Å². The van der Waals surface area contributed by atoms with E-state index >= 15 is 0 Å². The average molecular weight is 495 g/mol. The molecule has 186 valence electrons. The summed E-state index contributed by atoms with van der Waals surface area (Å²) in [5.74, 6) is 0.112. The highest BCUT2D eigenvalue weighted by Gasteiger charge is 2.35. The van der Waals surface area contributed by atoms with Crippen LogP contribution in [0.2, 0.25) is 0 Å². The van der Waals surface area contributed by atoms with Crippen molar-refractivity contribution in [2.24, 2.45) is 0 Å². The number of aromatic nitrogens is 3. The van der Waals surface area contributed by atoms with Crippen molar-refractivity contribution in [1.82, 2.24) is 20.3 Å². The molecule has 2 aliphatic rings. The smallest absolute Gasteiger partial charge is 0.369 e. The Kier molecular flexibility index (Phi) is 6.36. The Morgan fingerprint density at radius 3 is 2.58 bits per heavy atom. The van der Waals surface area contributed by atoms with Gasteiger partial charge in [-0.3, -0.25) is 0 Å². The Morgan fingerprint density at radius 2 is 1.89 bits per heavy atom. The first-order valence-electron chi connectivity index (χ1n) is 11.7. The van der Waals surface area contributed by atoms with E-state index in [0.717, 1.165) is 44.0 Å². The first-order chi connectivity index (χ1) is 17.3. The van der Waals surface area contributed by atoms with Crippen LogP contribution in [0.1, 0.15) is 46.8 Å². The van der Waals surface area contributed by atoms with Crippen molar-refractivity contribution in [3.63, 3.8) is 0 Å². The molecular formula is C25H25F3N8. The number of pyridine rings is 1. The van der Waals surface area contributed by atoms with Gasteiger partial charge in [0.2, 0.25) is 5.95 Å². The van der Waals surface area contributed by atoms with E-state index in [1.54, 1.807) is 0 Å². The Balaban J connectivity index is 1.37. The lowest BCUT2D eigenvalue weighted by atomic mass is 9.95. The molecule has 1 saturated heterocycles. The molecule has 0 aliphatic carbocycles. The largest absolute Gasteiger partial charge is 0.417 e. The van der Waals surface area contributed by atoms with E-state index in [1.165, 1.54) is 11.9 Å². The van der Waals surface area contributed by atoms with Gasteiger partial charge in [0.25, 0.3) is 0 Å². The van der Waals surface area contributed by atoms with E-state index in [2.05, 4.69) is 66.1 Å². The van der Waals surface area contributed by atoms with Gasteiger partial charge in [-0.2, -0.15) is 18.4 Å². The zero-order valence-electron chi connectivity index (χ0n) is 19.6. The molecule has 3 N–H and O–H groups in total. The van der Waals surface area contributed by atoms with E-state index in [0.29, 0.717) is 23.0 Å². The maximum Gasteiger partial charge on any atom is 0.417 e. The van der Waals surface area contributed by atoms with Gasteiger partial charge in [0.15, 0.2) is 0 Å². The number of fused-ring (bicyclic) bond motifs is 1. The fourth-order valence-electron chi connectivity index (χ4n) is 4.59. The van der Waals surface area contributed by atoms with Crippen LogP contribution in [0.3, 0.4) is 0 Å². The summed E-state index contributed by atoms with van der Waals surface area (Å²) in [6, 6.07) is 11.3. The monoisotopic (exact) mass is 494 g/mol.